The topological polar surface area (TPSA) is 52.5 Å². The monoisotopic (exact) mass is 187 g/mol. The molecule has 1 fully saturated rings. The van der Waals surface area contributed by atoms with Crippen LogP contribution in [0.3, 0.4) is 0 Å². The van der Waals surface area contributed by atoms with Crippen molar-refractivity contribution in [1.82, 2.24) is 5.32 Å². The zero-order valence-electron chi connectivity index (χ0n) is 8.37. The van der Waals surface area contributed by atoms with Crippen molar-refractivity contribution in [2.45, 2.75) is 57.3 Å². The van der Waals surface area contributed by atoms with E-state index in [1.54, 1.807) is 0 Å². The average molecular weight is 187 g/mol. The van der Waals surface area contributed by atoms with Crippen LogP contribution < -0.4 is 5.32 Å². The van der Waals surface area contributed by atoms with E-state index >= 15 is 0 Å². The first kappa shape index (κ1) is 11.0. The van der Waals surface area contributed by atoms with Crippen LogP contribution in [0.2, 0.25) is 0 Å². The fourth-order valence-corrected chi connectivity index (χ4v) is 1.86. The highest BCUT2D eigenvalue weighted by molar-refractivity contribution is 4.82. The molecular weight excluding hydrogens is 166 g/mol. The van der Waals surface area contributed by atoms with Gasteiger partial charge in [0.2, 0.25) is 0 Å². The molecule has 0 radical (unpaired) electrons. The Labute approximate surface area is 80.2 Å². The number of rotatable bonds is 5. The van der Waals surface area contributed by atoms with Gasteiger partial charge in [0.05, 0.1) is 12.2 Å². The number of aliphatic hydroxyl groups is 2. The first-order valence-electron chi connectivity index (χ1n) is 5.29. The smallest absolute Gasteiger partial charge is 0.0693 e. The number of aliphatic hydroxyl groups excluding tert-OH is 2. The van der Waals surface area contributed by atoms with Gasteiger partial charge < -0.3 is 15.5 Å². The Hall–Kier alpha value is -0.120. The van der Waals surface area contributed by atoms with E-state index in [1.807, 2.05) is 6.92 Å². The molecule has 0 spiro atoms. The quantitative estimate of drug-likeness (QED) is 0.554. The molecule has 0 heterocycles. The van der Waals surface area contributed by atoms with Gasteiger partial charge in [-0.1, -0.05) is 0 Å². The molecule has 1 unspecified atom stereocenters. The first-order valence-corrected chi connectivity index (χ1v) is 5.29. The molecule has 0 aliphatic heterocycles. The van der Waals surface area contributed by atoms with Crippen molar-refractivity contribution in [3.8, 4) is 0 Å². The molecule has 3 atom stereocenters. The van der Waals surface area contributed by atoms with Crippen molar-refractivity contribution >= 4 is 0 Å². The molecule has 3 N–H and O–H groups in total. The summed E-state index contributed by atoms with van der Waals surface area (Å²) in [5.74, 6) is 0. The Morgan fingerprint density at radius 2 is 2.23 bits per heavy atom. The van der Waals surface area contributed by atoms with E-state index in [4.69, 9.17) is 5.11 Å². The minimum Gasteiger partial charge on any atom is -0.393 e. The normalized spacial score (nSPS) is 30.7. The number of hydrogen-bond acceptors (Lipinski definition) is 3. The predicted molar refractivity (Wildman–Crippen MR) is 52.6 cm³/mol. The van der Waals surface area contributed by atoms with Crippen LogP contribution >= 0.6 is 0 Å². The van der Waals surface area contributed by atoms with Crippen LogP contribution in [0, 0.1) is 0 Å². The summed E-state index contributed by atoms with van der Waals surface area (Å²) in [5, 5.41) is 21.8. The van der Waals surface area contributed by atoms with Gasteiger partial charge >= 0.3 is 0 Å². The minimum atomic E-state index is -0.199. The lowest BCUT2D eigenvalue weighted by atomic mass is 10.2. The average Bonchev–Trinajstić information content (AvgIpc) is 2.45. The largest absolute Gasteiger partial charge is 0.393 e. The highest BCUT2D eigenvalue weighted by Crippen LogP contribution is 2.18. The third-order valence-electron chi connectivity index (χ3n) is 2.68. The minimum absolute atomic E-state index is 0.147. The Bertz CT molecular complexity index is 139. The Morgan fingerprint density at radius 1 is 1.46 bits per heavy atom. The van der Waals surface area contributed by atoms with E-state index in [0.29, 0.717) is 6.04 Å². The van der Waals surface area contributed by atoms with Gasteiger partial charge in [0, 0.05) is 6.04 Å². The molecule has 78 valence electrons. The van der Waals surface area contributed by atoms with Crippen molar-refractivity contribution in [3.05, 3.63) is 0 Å². The van der Waals surface area contributed by atoms with Gasteiger partial charge in [0.1, 0.15) is 0 Å². The van der Waals surface area contributed by atoms with Gasteiger partial charge in [-0.2, -0.15) is 0 Å². The zero-order valence-corrected chi connectivity index (χ0v) is 8.37. The van der Waals surface area contributed by atoms with Crippen LogP contribution in [0.5, 0.6) is 0 Å². The van der Waals surface area contributed by atoms with Crippen LogP contribution in [0.4, 0.5) is 0 Å². The van der Waals surface area contributed by atoms with Gasteiger partial charge in [-0.3, -0.25) is 0 Å². The molecule has 13 heavy (non-hydrogen) atoms. The second kappa shape index (κ2) is 5.58. The molecule has 1 saturated carbocycles. The summed E-state index contributed by atoms with van der Waals surface area (Å²) < 4.78 is 0. The summed E-state index contributed by atoms with van der Waals surface area (Å²) in [6.07, 6.45) is 4.65. The molecule has 1 aliphatic rings. The maximum Gasteiger partial charge on any atom is 0.0693 e. The number of hydrogen-bond donors (Lipinski definition) is 3. The third kappa shape index (κ3) is 4.07. The van der Waals surface area contributed by atoms with E-state index in [9.17, 15) is 5.11 Å². The molecule has 1 aliphatic carbocycles. The van der Waals surface area contributed by atoms with Gasteiger partial charge in [-0.05, 0) is 45.6 Å². The van der Waals surface area contributed by atoms with Gasteiger partial charge in [0.25, 0.3) is 0 Å². The molecule has 0 saturated heterocycles. The van der Waals surface area contributed by atoms with E-state index in [0.717, 1.165) is 38.6 Å². The van der Waals surface area contributed by atoms with E-state index in [1.165, 1.54) is 0 Å². The van der Waals surface area contributed by atoms with Crippen LogP contribution in [0.15, 0.2) is 0 Å². The highest BCUT2D eigenvalue weighted by Gasteiger charge is 2.23. The third-order valence-corrected chi connectivity index (χ3v) is 2.68. The van der Waals surface area contributed by atoms with Crippen molar-refractivity contribution in [2.75, 3.05) is 6.54 Å². The molecule has 0 bridgehead atoms. The summed E-state index contributed by atoms with van der Waals surface area (Å²) in [4.78, 5) is 0. The first-order chi connectivity index (χ1) is 6.20. The molecule has 0 aromatic heterocycles. The summed E-state index contributed by atoms with van der Waals surface area (Å²) >= 11 is 0. The molecular formula is C10H21NO2. The van der Waals surface area contributed by atoms with Crippen molar-refractivity contribution in [2.24, 2.45) is 0 Å². The van der Waals surface area contributed by atoms with Crippen LogP contribution in [-0.4, -0.2) is 35.0 Å². The Morgan fingerprint density at radius 3 is 2.77 bits per heavy atom. The fraction of sp³-hybridized carbons (Fsp3) is 1.00. The lowest BCUT2D eigenvalue weighted by Crippen LogP contribution is -2.36. The second-order valence-corrected chi connectivity index (χ2v) is 4.05. The van der Waals surface area contributed by atoms with Gasteiger partial charge in [-0.25, -0.2) is 0 Å². The number of nitrogens with one attached hydrogen (secondary N) is 1. The van der Waals surface area contributed by atoms with Crippen molar-refractivity contribution < 1.29 is 10.2 Å². The molecule has 0 aromatic carbocycles. The van der Waals surface area contributed by atoms with Crippen molar-refractivity contribution in [3.63, 3.8) is 0 Å². The fourth-order valence-electron chi connectivity index (χ4n) is 1.86. The van der Waals surface area contributed by atoms with E-state index < -0.39 is 0 Å². The van der Waals surface area contributed by atoms with Gasteiger partial charge in [-0.15, -0.1) is 0 Å². The Balaban J connectivity index is 1.99. The highest BCUT2D eigenvalue weighted by atomic mass is 16.3. The van der Waals surface area contributed by atoms with Gasteiger partial charge in [0.15, 0.2) is 0 Å². The van der Waals surface area contributed by atoms with E-state index in [-0.39, 0.29) is 12.2 Å². The molecule has 3 heteroatoms. The van der Waals surface area contributed by atoms with Crippen LogP contribution in [0.1, 0.15) is 39.0 Å². The van der Waals surface area contributed by atoms with E-state index in [2.05, 4.69) is 5.32 Å². The summed E-state index contributed by atoms with van der Waals surface area (Å²) in [5.41, 5.74) is 0. The summed E-state index contributed by atoms with van der Waals surface area (Å²) in [7, 11) is 0. The van der Waals surface area contributed by atoms with Crippen LogP contribution in [0.25, 0.3) is 0 Å². The Kier molecular flexibility index (Phi) is 4.70. The standard InChI is InChI=1S/C10H21NO2/c1-8(12)4-3-7-11-9-5-2-6-10(9)13/h8-13H,2-7H2,1H3/t8?,9-,10-/m0/s1. The molecule has 3 nitrogen and oxygen atoms in total. The molecule has 1 rings (SSSR count). The lowest BCUT2D eigenvalue weighted by Gasteiger charge is -2.16. The molecule has 0 aromatic rings. The lowest BCUT2D eigenvalue weighted by molar-refractivity contribution is 0.146. The summed E-state index contributed by atoms with van der Waals surface area (Å²) in [6.45, 7) is 2.72. The van der Waals surface area contributed by atoms with Crippen molar-refractivity contribution in [1.29, 1.82) is 0 Å². The maximum absolute atomic E-state index is 9.49. The summed E-state index contributed by atoms with van der Waals surface area (Å²) in [6, 6.07) is 0.300. The zero-order chi connectivity index (χ0) is 9.68. The predicted octanol–water partition coefficient (Wildman–Crippen LogP) is 0.650. The van der Waals surface area contributed by atoms with Crippen LogP contribution in [-0.2, 0) is 0 Å². The molecule has 0 amide bonds. The second-order valence-electron chi connectivity index (χ2n) is 4.05. The maximum atomic E-state index is 9.49. The SMILES string of the molecule is CC(O)CCCN[C@H]1CCC[C@@H]1O.